The van der Waals surface area contributed by atoms with Crippen LogP contribution < -0.4 is 9.64 Å². The van der Waals surface area contributed by atoms with Crippen LogP contribution in [0, 0.1) is 29.4 Å². The largest absolute Gasteiger partial charge is 0.508 e. The molecule has 1 saturated carbocycles. The highest BCUT2D eigenvalue weighted by Gasteiger charge is 2.47. The number of nitrogens with zero attached hydrogens (tertiary/aromatic N) is 6. The Bertz CT molecular complexity index is 2130. The van der Waals surface area contributed by atoms with Gasteiger partial charge < -0.3 is 24.5 Å². The van der Waals surface area contributed by atoms with Crippen molar-refractivity contribution in [1.82, 2.24) is 24.8 Å². The van der Waals surface area contributed by atoms with Crippen molar-refractivity contribution in [3.63, 3.8) is 0 Å². The molecule has 2 aromatic carbocycles. The van der Waals surface area contributed by atoms with Gasteiger partial charge in [-0.1, -0.05) is 12.0 Å². The molecule has 2 atom stereocenters. The summed E-state index contributed by atoms with van der Waals surface area (Å²) < 4.78 is 91.4. The monoisotopic (exact) mass is 738 g/mol. The number of carbonyl (C=O) groups is 1. The fourth-order valence-corrected chi connectivity index (χ4v) is 8.29. The number of hydrogen-bond donors (Lipinski definition) is 1. The summed E-state index contributed by atoms with van der Waals surface area (Å²) in [5, 5.41) is 11.3. The fraction of sp³-hybridized carbons (Fsp3) is 0.474. The van der Waals surface area contributed by atoms with Crippen LogP contribution >= 0.6 is 0 Å². The van der Waals surface area contributed by atoms with Crippen LogP contribution in [-0.2, 0) is 4.79 Å². The predicted octanol–water partition coefficient (Wildman–Crippen LogP) is 6.54. The number of piperazine rings is 1. The van der Waals surface area contributed by atoms with E-state index in [-0.39, 0.29) is 75.8 Å². The van der Waals surface area contributed by atoms with E-state index in [2.05, 4.69) is 20.8 Å². The maximum absolute atomic E-state index is 16.9. The minimum Gasteiger partial charge on any atom is -0.508 e. The first kappa shape index (κ1) is 35.2. The number of carbonyl (C=O) groups excluding carboxylic acids is 1. The number of rotatable bonds is 8. The summed E-state index contributed by atoms with van der Waals surface area (Å²) in [6.45, 7) is 2.51. The number of hydrogen-bond acceptors (Lipinski definition) is 8. The molecule has 9 nitrogen and oxygen atoms in total. The summed E-state index contributed by atoms with van der Waals surface area (Å²) in [6.07, 6.45) is 3.74. The number of aromatic hydroxyl groups is 1. The van der Waals surface area contributed by atoms with Crippen LogP contribution in [0.15, 0.2) is 30.5 Å². The van der Waals surface area contributed by atoms with Gasteiger partial charge >= 0.3 is 12.2 Å². The van der Waals surface area contributed by atoms with Crippen molar-refractivity contribution in [3.05, 3.63) is 47.7 Å². The van der Waals surface area contributed by atoms with Gasteiger partial charge in [0.2, 0.25) is 5.91 Å². The number of fused-ring (bicyclic) bond motifs is 4. The van der Waals surface area contributed by atoms with Gasteiger partial charge in [-0.15, -0.1) is 6.42 Å². The van der Waals surface area contributed by atoms with Crippen LogP contribution in [0.4, 0.5) is 32.2 Å². The zero-order chi connectivity index (χ0) is 37.2. The number of alkyl halides is 4. The number of piperidine rings is 1. The Kier molecular flexibility index (Phi) is 8.79. The number of aromatic nitrogens is 3. The molecule has 5 heterocycles. The second-order valence-electron chi connectivity index (χ2n) is 14.8. The Morgan fingerprint density at radius 2 is 1.77 bits per heavy atom. The molecular weight excluding hydrogens is 702 g/mol. The van der Waals surface area contributed by atoms with E-state index >= 15 is 4.39 Å². The number of phenols is 1. The van der Waals surface area contributed by atoms with Gasteiger partial charge in [-0.3, -0.25) is 9.78 Å². The van der Waals surface area contributed by atoms with Crippen molar-refractivity contribution in [1.29, 1.82) is 0 Å². The van der Waals surface area contributed by atoms with Crippen LogP contribution in [0.2, 0.25) is 0 Å². The van der Waals surface area contributed by atoms with Gasteiger partial charge in [0.15, 0.2) is 5.82 Å². The van der Waals surface area contributed by atoms with E-state index in [1.165, 1.54) is 29.3 Å². The molecule has 2 bridgehead atoms. The first-order valence-corrected chi connectivity index (χ1v) is 17.7. The molecule has 1 N–H and O–H groups in total. The quantitative estimate of drug-likeness (QED) is 0.161. The molecule has 4 aromatic rings. The number of likely N-dealkylation sites (tertiary alicyclic amines) is 1. The zero-order valence-corrected chi connectivity index (χ0v) is 28.6. The number of benzene rings is 2. The first-order chi connectivity index (χ1) is 25.3. The van der Waals surface area contributed by atoms with Gasteiger partial charge in [0, 0.05) is 67.4 Å². The Labute approximate surface area is 300 Å². The van der Waals surface area contributed by atoms with E-state index in [0.717, 1.165) is 18.9 Å². The van der Waals surface area contributed by atoms with Crippen LogP contribution in [0.25, 0.3) is 32.9 Å². The summed E-state index contributed by atoms with van der Waals surface area (Å²) in [6, 6.07) is 4.04. The van der Waals surface area contributed by atoms with Crippen molar-refractivity contribution < 1.29 is 41.0 Å². The molecule has 0 radical (unpaired) electrons. The number of amides is 1. The van der Waals surface area contributed by atoms with Crippen LogP contribution in [-0.4, -0.2) is 99.5 Å². The Hall–Kier alpha value is -4.84. The van der Waals surface area contributed by atoms with Crippen molar-refractivity contribution in [2.45, 2.75) is 69.4 Å². The van der Waals surface area contributed by atoms with E-state index in [4.69, 9.17) is 16.1 Å². The Balaban J connectivity index is 1.18. The number of terminal acetylenes is 1. The topological polar surface area (TPSA) is 94.9 Å². The molecule has 2 aromatic heterocycles. The summed E-state index contributed by atoms with van der Waals surface area (Å²) in [5.74, 6) is -0.263. The van der Waals surface area contributed by atoms with Gasteiger partial charge in [-0.2, -0.15) is 23.1 Å². The number of phenolic OH excluding ortho intramolecular Hbond substituents is 1. The molecule has 278 valence electrons. The van der Waals surface area contributed by atoms with Gasteiger partial charge in [0.25, 0.3) is 0 Å². The zero-order valence-electron chi connectivity index (χ0n) is 28.6. The van der Waals surface area contributed by atoms with E-state index in [9.17, 15) is 31.9 Å². The standard InChI is InChI=1S/C38H36F6N6O3/c1-2-26-29(40)6-3-21-13-25(51)14-27(31(21)26)33-32(41)34-28(16-45-33)35(49-17-23-4-5-24(18-49)50(23)30(52)15-38(42,43)44)47-36(46-34)53-20-37(9-10-37)19-48-11-7-22(39)8-12-48/h1,3,6,13-14,16,22-24,51H,4-5,7-12,15,17-20H2. The average molecular weight is 739 g/mol. The van der Waals surface area contributed by atoms with Crippen molar-refractivity contribution in [3.8, 4) is 35.4 Å². The molecule has 15 heteroatoms. The third-order valence-corrected chi connectivity index (χ3v) is 11.1. The lowest BCUT2D eigenvalue weighted by Crippen LogP contribution is -2.56. The predicted molar refractivity (Wildman–Crippen MR) is 184 cm³/mol. The van der Waals surface area contributed by atoms with E-state index < -0.39 is 48.4 Å². The summed E-state index contributed by atoms with van der Waals surface area (Å²) in [4.78, 5) is 31.7. The summed E-state index contributed by atoms with van der Waals surface area (Å²) in [5.41, 5.74) is -0.733. The van der Waals surface area contributed by atoms with Crippen LogP contribution in [0.3, 0.4) is 0 Å². The summed E-state index contributed by atoms with van der Waals surface area (Å²) >= 11 is 0. The number of pyridine rings is 1. The lowest BCUT2D eigenvalue weighted by molar-refractivity contribution is -0.163. The first-order valence-electron chi connectivity index (χ1n) is 17.7. The normalized spacial score (nSPS) is 21.7. The molecular formula is C38H36F6N6O3. The van der Waals surface area contributed by atoms with Crippen molar-refractivity contribution in [2.24, 2.45) is 5.41 Å². The Morgan fingerprint density at radius 3 is 2.43 bits per heavy atom. The lowest BCUT2D eigenvalue weighted by Gasteiger charge is -2.42. The SMILES string of the molecule is C#Cc1c(F)ccc2cc(O)cc(-c3ncc4c(N5CC6CCC(C5)N6C(=O)CC(F)(F)F)nc(OCC5(CN6CCC(F)CC6)CC5)nc4c3F)c12. The number of halogens is 6. The van der Waals surface area contributed by atoms with Gasteiger partial charge in [-0.25, -0.2) is 13.2 Å². The average Bonchev–Trinajstić information content (AvgIpc) is 3.82. The highest BCUT2D eigenvalue weighted by atomic mass is 19.4. The molecule has 2 unspecified atom stereocenters. The molecule has 0 spiro atoms. The second-order valence-corrected chi connectivity index (χ2v) is 14.8. The highest BCUT2D eigenvalue weighted by Crippen LogP contribution is 2.47. The van der Waals surface area contributed by atoms with Crippen LogP contribution in [0.1, 0.15) is 50.5 Å². The maximum Gasteiger partial charge on any atom is 0.397 e. The molecule has 8 rings (SSSR count). The number of anilines is 1. The smallest absolute Gasteiger partial charge is 0.397 e. The van der Waals surface area contributed by atoms with Gasteiger partial charge in [0.05, 0.1) is 17.6 Å². The molecule has 4 fully saturated rings. The highest BCUT2D eigenvalue weighted by molar-refractivity contribution is 6.03. The minimum atomic E-state index is -4.64. The second kappa shape index (κ2) is 13.2. The van der Waals surface area contributed by atoms with E-state index in [0.29, 0.717) is 50.7 Å². The van der Waals surface area contributed by atoms with E-state index in [1.54, 1.807) is 4.90 Å². The molecule has 53 heavy (non-hydrogen) atoms. The molecule has 3 aliphatic heterocycles. The molecule has 1 aliphatic carbocycles. The third-order valence-electron chi connectivity index (χ3n) is 11.1. The lowest BCUT2D eigenvalue weighted by atomic mass is 9.96. The molecule has 4 aliphatic rings. The van der Waals surface area contributed by atoms with Crippen molar-refractivity contribution in [2.75, 3.05) is 44.2 Å². The van der Waals surface area contributed by atoms with Crippen molar-refractivity contribution >= 4 is 33.4 Å². The third kappa shape index (κ3) is 6.77. The number of ether oxygens (including phenoxy) is 1. The molecule has 3 saturated heterocycles. The fourth-order valence-electron chi connectivity index (χ4n) is 8.29. The molecule has 1 amide bonds. The summed E-state index contributed by atoms with van der Waals surface area (Å²) in [7, 11) is 0. The van der Waals surface area contributed by atoms with Crippen LogP contribution in [0.5, 0.6) is 11.8 Å². The van der Waals surface area contributed by atoms with Gasteiger partial charge in [-0.05, 0) is 62.1 Å². The van der Waals surface area contributed by atoms with Gasteiger partial charge in [0.1, 0.15) is 41.2 Å². The minimum absolute atomic E-state index is 0.0401. The maximum atomic E-state index is 16.9. The van der Waals surface area contributed by atoms with E-state index in [1.807, 2.05) is 0 Å². The Morgan fingerprint density at radius 1 is 1.06 bits per heavy atom.